The first-order valence-electron chi connectivity index (χ1n) is 10.9. The van der Waals surface area contributed by atoms with Crippen LogP contribution < -0.4 is 5.43 Å². The molecule has 0 bridgehead atoms. The largest absolute Gasteiger partial charge is 0.332 e. The van der Waals surface area contributed by atoms with Gasteiger partial charge in [-0.2, -0.15) is 5.10 Å². The summed E-state index contributed by atoms with van der Waals surface area (Å²) in [7, 11) is 0. The van der Waals surface area contributed by atoms with Crippen molar-refractivity contribution in [3.63, 3.8) is 0 Å². The predicted molar refractivity (Wildman–Crippen MR) is 116 cm³/mol. The number of halogens is 3. The fraction of sp³-hybridized carbons (Fsp3) is 0.320. The van der Waals surface area contributed by atoms with E-state index >= 15 is 4.39 Å². The number of amides is 1. The lowest BCUT2D eigenvalue weighted by atomic mass is 9.79. The molecule has 1 aromatic heterocycles. The summed E-state index contributed by atoms with van der Waals surface area (Å²) in [5.41, 5.74) is 0.933. The Morgan fingerprint density at radius 1 is 1.06 bits per heavy atom. The zero-order chi connectivity index (χ0) is 23.4. The van der Waals surface area contributed by atoms with Crippen LogP contribution in [0.4, 0.5) is 13.2 Å². The second kappa shape index (κ2) is 7.86. The monoisotopic (exact) mass is 453 g/mol. The molecule has 1 saturated heterocycles. The van der Waals surface area contributed by atoms with E-state index in [0.717, 1.165) is 18.7 Å². The Balaban J connectivity index is 1.82. The van der Waals surface area contributed by atoms with E-state index in [2.05, 4.69) is 5.10 Å². The van der Waals surface area contributed by atoms with E-state index in [1.165, 1.54) is 22.9 Å². The van der Waals surface area contributed by atoms with Gasteiger partial charge in [-0.05, 0) is 49.9 Å². The van der Waals surface area contributed by atoms with E-state index in [-0.39, 0.29) is 34.2 Å². The zero-order valence-corrected chi connectivity index (χ0v) is 18.2. The Labute approximate surface area is 188 Å². The van der Waals surface area contributed by atoms with Crippen molar-refractivity contribution in [1.82, 2.24) is 14.7 Å². The van der Waals surface area contributed by atoms with E-state index in [9.17, 15) is 18.4 Å². The summed E-state index contributed by atoms with van der Waals surface area (Å²) >= 11 is 0. The molecule has 5 nitrogen and oxygen atoms in total. The quantitative estimate of drug-likeness (QED) is 0.595. The SMILES string of the molecule is Cc1ccc([C@@H](c2cccc(F)c2F)[C@H]2[C@H]3CCCN3C(=O)c3c(C)c(=O)cnn32)cc1F. The molecule has 0 saturated carbocycles. The van der Waals surface area contributed by atoms with E-state index in [1.807, 2.05) is 0 Å². The van der Waals surface area contributed by atoms with Gasteiger partial charge < -0.3 is 4.90 Å². The van der Waals surface area contributed by atoms with E-state index in [0.29, 0.717) is 24.1 Å². The Morgan fingerprint density at radius 2 is 1.85 bits per heavy atom. The topological polar surface area (TPSA) is 55.2 Å². The first kappa shape index (κ1) is 21.4. The number of hydrogen-bond acceptors (Lipinski definition) is 3. The van der Waals surface area contributed by atoms with Crippen molar-refractivity contribution >= 4 is 5.91 Å². The van der Waals surface area contributed by atoms with Gasteiger partial charge in [-0.25, -0.2) is 13.2 Å². The molecule has 3 aromatic rings. The number of carbonyl (C=O) groups is 1. The Hall–Kier alpha value is -3.42. The van der Waals surface area contributed by atoms with Crippen LogP contribution in [-0.4, -0.2) is 33.2 Å². The van der Waals surface area contributed by atoms with Gasteiger partial charge in [0.1, 0.15) is 11.5 Å². The fourth-order valence-electron chi connectivity index (χ4n) is 5.23. The lowest BCUT2D eigenvalue weighted by molar-refractivity contribution is 0.0569. The Morgan fingerprint density at radius 3 is 2.61 bits per heavy atom. The maximum Gasteiger partial charge on any atom is 0.272 e. The lowest BCUT2D eigenvalue weighted by Crippen LogP contribution is -2.51. The van der Waals surface area contributed by atoms with Crippen LogP contribution in [0.5, 0.6) is 0 Å². The molecular formula is C25H22F3N3O2. The number of hydrogen-bond donors (Lipinski definition) is 0. The van der Waals surface area contributed by atoms with Crippen molar-refractivity contribution in [2.75, 3.05) is 6.54 Å². The van der Waals surface area contributed by atoms with E-state index in [1.54, 1.807) is 30.9 Å². The van der Waals surface area contributed by atoms with Crippen molar-refractivity contribution in [2.24, 2.45) is 0 Å². The molecule has 0 radical (unpaired) electrons. The number of fused-ring (bicyclic) bond motifs is 2. The van der Waals surface area contributed by atoms with Gasteiger partial charge in [0.15, 0.2) is 11.6 Å². The molecule has 2 aliphatic heterocycles. The highest BCUT2D eigenvalue weighted by Gasteiger charge is 2.48. The average molecular weight is 453 g/mol. The van der Waals surface area contributed by atoms with Crippen LogP contribution in [0.15, 0.2) is 47.4 Å². The van der Waals surface area contributed by atoms with E-state index in [4.69, 9.17) is 0 Å². The van der Waals surface area contributed by atoms with Crippen LogP contribution in [0.2, 0.25) is 0 Å². The number of rotatable bonds is 3. The molecule has 8 heteroatoms. The zero-order valence-electron chi connectivity index (χ0n) is 18.2. The van der Waals surface area contributed by atoms with Crippen LogP contribution in [0.3, 0.4) is 0 Å². The van der Waals surface area contributed by atoms with Crippen LogP contribution >= 0.6 is 0 Å². The van der Waals surface area contributed by atoms with Crippen LogP contribution in [0.25, 0.3) is 0 Å². The standard InChI is InChI=1S/C25H22F3N3O2/c1-13-8-9-15(11-18(13)27)21(16-5-3-6-17(26)22(16)28)24-19-7-4-10-30(19)25(33)23-14(2)20(32)12-29-31(23)24/h3,5-6,8-9,11-12,19,21,24H,4,7,10H2,1-2H3/t19-,21+,24-/m1/s1. The summed E-state index contributed by atoms with van der Waals surface area (Å²) < 4.78 is 45.6. The van der Waals surface area contributed by atoms with Crippen molar-refractivity contribution in [3.8, 4) is 0 Å². The number of aromatic nitrogens is 2. The van der Waals surface area contributed by atoms with Gasteiger partial charge in [-0.15, -0.1) is 0 Å². The second-order valence-electron chi connectivity index (χ2n) is 8.76. The minimum atomic E-state index is -1.02. The molecule has 3 atom stereocenters. The van der Waals surface area contributed by atoms with Gasteiger partial charge in [0.2, 0.25) is 5.43 Å². The molecule has 1 amide bonds. The Kier molecular flexibility index (Phi) is 5.11. The third-order valence-corrected chi connectivity index (χ3v) is 6.91. The van der Waals surface area contributed by atoms with Crippen LogP contribution in [-0.2, 0) is 0 Å². The third kappa shape index (κ3) is 3.27. The normalized spacial score (nSPS) is 20.5. The molecule has 0 N–H and O–H groups in total. The van der Waals surface area contributed by atoms with Gasteiger partial charge in [-0.3, -0.25) is 14.3 Å². The molecule has 0 aliphatic carbocycles. The minimum absolute atomic E-state index is 0.0496. The summed E-state index contributed by atoms with van der Waals surface area (Å²) in [5.74, 6) is -3.64. The van der Waals surface area contributed by atoms with Gasteiger partial charge in [0.05, 0.1) is 18.3 Å². The summed E-state index contributed by atoms with van der Waals surface area (Å²) in [4.78, 5) is 27.3. The number of benzene rings is 2. The number of nitrogens with zero attached hydrogens (tertiary/aromatic N) is 3. The maximum atomic E-state index is 15.2. The van der Waals surface area contributed by atoms with Gasteiger partial charge in [-0.1, -0.05) is 24.3 Å². The van der Waals surface area contributed by atoms with E-state index < -0.39 is 29.4 Å². The first-order valence-corrected chi connectivity index (χ1v) is 10.9. The first-order chi connectivity index (χ1) is 15.8. The molecule has 170 valence electrons. The van der Waals surface area contributed by atoms with Gasteiger partial charge in [0, 0.05) is 23.6 Å². The summed E-state index contributed by atoms with van der Waals surface area (Å²) in [6.07, 6.45) is 2.49. The highest BCUT2D eigenvalue weighted by molar-refractivity contribution is 5.95. The summed E-state index contributed by atoms with van der Waals surface area (Å²) in [5, 5.41) is 4.28. The third-order valence-electron chi connectivity index (χ3n) is 6.91. The highest BCUT2D eigenvalue weighted by Crippen LogP contribution is 2.46. The number of carbonyl (C=O) groups excluding carboxylic acids is 1. The molecule has 2 aliphatic rings. The Bertz CT molecular complexity index is 1340. The predicted octanol–water partition coefficient (Wildman–Crippen LogP) is 4.27. The van der Waals surface area contributed by atoms with Crippen molar-refractivity contribution in [3.05, 3.63) is 98.2 Å². The molecule has 1 fully saturated rings. The van der Waals surface area contributed by atoms with Gasteiger partial charge in [0.25, 0.3) is 5.91 Å². The molecule has 2 aromatic carbocycles. The second-order valence-corrected chi connectivity index (χ2v) is 8.76. The average Bonchev–Trinajstić information content (AvgIpc) is 3.28. The van der Waals surface area contributed by atoms with Crippen molar-refractivity contribution in [2.45, 2.75) is 44.7 Å². The maximum absolute atomic E-state index is 15.2. The van der Waals surface area contributed by atoms with Gasteiger partial charge >= 0.3 is 0 Å². The molecule has 0 unspecified atom stereocenters. The smallest absolute Gasteiger partial charge is 0.272 e. The fourth-order valence-corrected chi connectivity index (χ4v) is 5.23. The molecule has 5 rings (SSSR count). The molecule has 33 heavy (non-hydrogen) atoms. The molecule has 3 heterocycles. The lowest BCUT2D eigenvalue weighted by Gasteiger charge is -2.43. The molecular weight excluding hydrogens is 431 g/mol. The van der Waals surface area contributed by atoms with Crippen LogP contribution in [0.1, 0.15) is 57.5 Å². The summed E-state index contributed by atoms with van der Waals surface area (Å²) in [6, 6.07) is 7.52. The minimum Gasteiger partial charge on any atom is -0.332 e. The van der Waals surface area contributed by atoms with Crippen molar-refractivity contribution in [1.29, 1.82) is 0 Å². The van der Waals surface area contributed by atoms with Crippen LogP contribution in [0, 0.1) is 31.3 Å². The molecule has 0 spiro atoms. The highest BCUT2D eigenvalue weighted by atomic mass is 19.2. The van der Waals surface area contributed by atoms with Crippen molar-refractivity contribution < 1.29 is 18.0 Å². The summed E-state index contributed by atoms with van der Waals surface area (Å²) in [6.45, 7) is 3.67. The number of aryl methyl sites for hydroxylation is 1.